The van der Waals surface area contributed by atoms with Crippen molar-refractivity contribution >= 4 is 5.97 Å². The number of esters is 1. The maximum absolute atomic E-state index is 12.5. The van der Waals surface area contributed by atoms with Gasteiger partial charge in [-0.25, -0.2) is 4.79 Å². The number of carbonyl (C=O) groups is 1. The number of rotatable bonds is 15. The summed E-state index contributed by atoms with van der Waals surface area (Å²) in [5.41, 5.74) is 0.517. The van der Waals surface area contributed by atoms with E-state index in [0.717, 1.165) is 25.7 Å². The molecule has 0 radical (unpaired) electrons. The molecule has 0 aliphatic carbocycles. The Balaban J connectivity index is 2.29. The molecule has 0 bridgehead atoms. The average Bonchev–Trinajstić information content (AvgIpc) is 2.66. The summed E-state index contributed by atoms with van der Waals surface area (Å²) < 4.78 is 11.0. The van der Waals surface area contributed by atoms with Crippen LogP contribution >= 0.6 is 0 Å². The third kappa shape index (κ3) is 9.26. The SMILES string of the molecule is CCCCCCCCCCCC(CCC)OC(=O)c1ccccc1OC. The van der Waals surface area contributed by atoms with Crippen LogP contribution in [0, 0.1) is 0 Å². The van der Waals surface area contributed by atoms with E-state index in [1.165, 1.54) is 51.4 Å². The number of para-hydroxylation sites is 1. The van der Waals surface area contributed by atoms with Crippen LogP contribution in [0.1, 0.15) is 101 Å². The molecule has 0 amide bonds. The van der Waals surface area contributed by atoms with Crippen molar-refractivity contribution in [1.29, 1.82) is 0 Å². The monoisotopic (exact) mass is 362 g/mol. The first-order valence-corrected chi connectivity index (χ1v) is 10.6. The largest absolute Gasteiger partial charge is 0.496 e. The molecule has 26 heavy (non-hydrogen) atoms. The second-order valence-corrected chi connectivity index (χ2v) is 7.13. The van der Waals surface area contributed by atoms with Crippen LogP contribution < -0.4 is 4.74 Å². The maximum atomic E-state index is 12.5. The van der Waals surface area contributed by atoms with E-state index in [-0.39, 0.29) is 12.1 Å². The fourth-order valence-electron chi connectivity index (χ4n) is 3.29. The Hall–Kier alpha value is -1.51. The van der Waals surface area contributed by atoms with Crippen molar-refractivity contribution in [3.05, 3.63) is 29.8 Å². The lowest BCUT2D eigenvalue weighted by Gasteiger charge is -2.18. The Morgan fingerprint density at radius 2 is 1.46 bits per heavy atom. The van der Waals surface area contributed by atoms with Crippen LogP contribution in [-0.4, -0.2) is 19.2 Å². The van der Waals surface area contributed by atoms with E-state index >= 15 is 0 Å². The summed E-state index contributed by atoms with van der Waals surface area (Å²) >= 11 is 0. The van der Waals surface area contributed by atoms with Crippen LogP contribution in [0.5, 0.6) is 5.75 Å². The minimum atomic E-state index is -0.267. The zero-order valence-corrected chi connectivity index (χ0v) is 17.1. The number of ether oxygens (including phenoxy) is 2. The second-order valence-electron chi connectivity index (χ2n) is 7.13. The van der Waals surface area contributed by atoms with E-state index in [9.17, 15) is 4.79 Å². The Morgan fingerprint density at radius 3 is 2.08 bits per heavy atom. The van der Waals surface area contributed by atoms with Gasteiger partial charge in [-0.05, 0) is 31.4 Å². The molecule has 1 aromatic carbocycles. The van der Waals surface area contributed by atoms with Gasteiger partial charge in [-0.2, -0.15) is 0 Å². The van der Waals surface area contributed by atoms with Crippen LogP contribution in [-0.2, 0) is 4.74 Å². The predicted octanol–water partition coefficient (Wildman–Crippen LogP) is 6.94. The maximum Gasteiger partial charge on any atom is 0.342 e. The van der Waals surface area contributed by atoms with E-state index in [2.05, 4.69) is 13.8 Å². The fraction of sp³-hybridized carbons (Fsp3) is 0.696. The van der Waals surface area contributed by atoms with Crippen molar-refractivity contribution in [3.8, 4) is 5.75 Å². The van der Waals surface area contributed by atoms with Crippen molar-refractivity contribution in [2.24, 2.45) is 0 Å². The molecule has 3 nitrogen and oxygen atoms in total. The Kier molecular flexibility index (Phi) is 12.7. The molecule has 0 heterocycles. The molecule has 1 rings (SSSR count). The minimum Gasteiger partial charge on any atom is -0.496 e. The highest BCUT2D eigenvalue weighted by molar-refractivity contribution is 5.92. The number of benzene rings is 1. The van der Waals surface area contributed by atoms with E-state index in [1.54, 1.807) is 19.2 Å². The molecule has 0 aromatic heterocycles. The minimum absolute atomic E-state index is 0.0157. The van der Waals surface area contributed by atoms with Crippen LogP contribution in [0.4, 0.5) is 0 Å². The van der Waals surface area contributed by atoms with Crippen molar-refractivity contribution in [1.82, 2.24) is 0 Å². The fourth-order valence-corrected chi connectivity index (χ4v) is 3.29. The Labute approximate surface area is 160 Å². The summed E-state index contributed by atoms with van der Waals surface area (Å²) in [6.07, 6.45) is 14.7. The number of methoxy groups -OCH3 is 1. The lowest BCUT2D eigenvalue weighted by Crippen LogP contribution is -2.18. The van der Waals surface area contributed by atoms with Gasteiger partial charge in [0.05, 0.1) is 7.11 Å². The number of hydrogen-bond acceptors (Lipinski definition) is 3. The van der Waals surface area contributed by atoms with Gasteiger partial charge in [-0.15, -0.1) is 0 Å². The third-order valence-corrected chi connectivity index (χ3v) is 4.84. The molecular weight excluding hydrogens is 324 g/mol. The zero-order chi connectivity index (χ0) is 19.0. The topological polar surface area (TPSA) is 35.5 Å². The van der Waals surface area contributed by atoms with Crippen molar-refractivity contribution in [2.45, 2.75) is 97.0 Å². The summed E-state index contributed by atoms with van der Waals surface area (Å²) in [7, 11) is 1.58. The highest BCUT2D eigenvalue weighted by Gasteiger charge is 2.18. The first-order chi connectivity index (χ1) is 12.7. The summed E-state index contributed by atoms with van der Waals surface area (Å²) in [4.78, 5) is 12.5. The van der Waals surface area contributed by atoms with Gasteiger partial charge in [0.15, 0.2) is 0 Å². The third-order valence-electron chi connectivity index (χ3n) is 4.84. The van der Waals surface area contributed by atoms with Gasteiger partial charge < -0.3 is 9.47 Å². The molecule has 0 aliphatic rings. The van der Waals surface area contributed by atoms with Gasteiger partial charge >= 0.3 is 5.97 Å². The number of hydrogen-bond donors (Lipinski definition) is 0. The van der Waals surface area contributed by atoms with Gasteiger partial charge in [0.25, 0.3) is 0 Å². The standard InChI is InChI=1S/C23H38O3/c1-4-6-7-8-9-10-11-12-13-17-20(16-5-2)26-23(24)21-18-14-15-19-22(21)25-3/h14-15,18-20H,4-13,16-17H2,1-3H3. The smallest absolute Gasteiger partial charge is 0.342 e. The molecule has 1 unspecified atom stereocenters. The zero-order valence-electron chi connectivity index (χ0n) is 17.1. The molecule has 0 saturated heterocycles. The van der Waals surface area contributed by atoms with Crippen molar-refractivity contribution in [3.63, 3.8) is 0 Å². The molecule has 0 fully saturated rings. The highest BCUT2D eigenvalue weighted by atomic mass is 16.5. The summed E-state index contributed by atoms with van der Waals surface area (Å²) in [6, 6.07) is 7.27. The summed E-state index contributed by atoms with van der Waals surface area (Å²) in [5, 5.41) is 0. The van der Waals surface area contributed by atoms with E-state index in [4.69, 9.17) is 9.47 Å². The van der Waals surface area contributed by atoms with Gasteiger partial charge in [0.2, 0.25) is 0 Å². The predicted molar refractivity (Wildman–Crippen MR) is 109 cm³/mol. The van der Waals surface area contributed by atoms with Crippen molar-refractivity contribution < 1.29 is 14.3 Å². The average molecular weight is 363 g/mol. The van der Waals surface area contributed by atoms with Crippen molar-refractivity contribution in [2.75, 3.05) is 7.11 Å². The molecule has 0 N–H and O–H groups in total. The molecule has 0 aliphatic heterocycles. The molecule has 1 aromatic rings. The van der Waals surface area contributed by atoms with Crippen LogP contribution in [0.15, 0.2) is 24.3 Å². The molecule has 1 atom stereocenters. The number of carbonyl (C=O) groups excluding carboxylic acids is 1. The first kappa shape index (κ1) is 22.5. The quantitative estimate of drug-likeness (QED) is 0.250. The van der Waals surface area contributed by atoms with E-state index in [1.807, 2.05) is 12.1 Å². The molecule has 0 saturated carbocycles. The second kappa shape index (κ2) is 14.6. The Morgan fingerprint density at radius 1 is 0.846 bits per heavy atom. The normalized spacial score (nSPS) is 12.0. The Bertz CT molecular complexity index is 484. The highest BCUT2D eigenvalue weighted by Crippen LogP contribution is 2.21. The van der Waals surface area contributed by atoms with Gasteiger partial charge in [-0.3, -0.25) is 0 Å². The van der Waals surface area contributed by atoms with Crippen LogP contribution in [0.25, 0.3) is 0 Å². The molecular formula is C23H38O3. The van der Waals surface area contributed by atoms with Gasteiger partial charge in [-0.1, -0.05) is 83.8 Å². The van der Waals surface area contributed by atoms with Crippen LogP contribution in [0.2, 0.25) is 0 Å². The van der Waals surface area contributed by atoms with Crippen LogP contribution in [0.3, 0.4) is 0 Å². The number of unbranched alkanes of at least 4 members (excludes halogenated alkanes) is 8. The summed E-state index contributed by atoms with van der Waals surface area (Å²) in [5.74, 6) is 0.313. The summed E-state index contributed by atoms with van der Waals surface area (Å²) in [6.45, 7) is 4.40. The van der Waals surface area contributed by atoms with E-state index in [0.29, 0.717) is 11.3 Å². The lowest BCUT2D eigenvalue weighted by atomic mass is 10.0. The molecule has 0 spiro atoms. The molecule has 3 heteroatoms. The van der Waals surface area contributed by atoms with Gasteiger partial charge in [0.1, 0.15) is 17.4 Å². The van der Waals surface area contributed by atoms with E-state index < -0.39 is 0 Å². The molecule has 148 valence electrons. The van der Waals surface area contributed by atoms with Gasteiger partial charge in [0, 0.05) is 0 Å². The lowest BCUT2D eigenvalue weighted by molar-refractivity contribution is 0.0250. The first-order valence-electron chi connectivity index (χ1n) is 10.6.